The monoisotopic (exact) mass is 404 g/mol. The van der Waals surface area contributed by atoms with Crippen LogP contribution in [0.4, 0.5) is 4.39 Å². The fourth-order valence-corrected chi connectivity index (χ4v) is 4.81. The Bertz CT molecular complexity index is 495. The Labute approximate surface area is 139 Å². The van der Waals surface area contributed by atoms with Gasteiger partial charge in [0.15, 0.2) is 0 Å². The van der Waals surface area contributed by atoms with Gasteiger partial charge in [-0.1, -0.05) is 47.7 Å². The first kappa shape index (κ1) is 15.7. The predicted molar refractivity (Wildman–Crippen MR) is 89.1 cm³/mol. The summed E-state index contributed by atoms with van der Waals surface area (Å²) in [6.07, 6.45) is 3.19. The number of hydrogen-bond acceptors (Lipinski definition) is 2. The van der Waals surface area contributed by atoms with Crippen LogP contribution in [0.1, 0.15) is 31.7 Å². The number of benzene rings is 1. The lowest BCUT2D eigenvalue weighted by Gasteiger charge is -2.41. The van der Waals surface area contributed by atoms with Gasteiger partial charge in [-0.15, -0.1) is 0 Å². The molecule has 2 aliphatic rings. The Morgan fingerprint density at radius 2 is 2.24 bits per heavy atom. The van der Waals surface area contributed by atoms with Gasteiger partial charge in [-0.2, -0.15) is 0 Å². The van der Waals surface area contributed by atoms with Crippen LogP contribution >= 0.6 is 22.6 Å². The van der Waals surface area contributed by atoms with E-state index in [1.807, 2.05) is 6.07 Å². The van der Waals surface area contributed by atoms with Gasteiger partial charge in [-0.3, -0.25) is 0 Å². The molecular formula is C17H22FIO2. The highest BCUT2D eigenvalue weighted by atomic mass is 127. The van der Waals surface area contributed by atoms with Crippen LogP contribution in [-0.4, -0.2) is 22.7 Å². The molecule has 0 spiro atoms. The summed E-state index contributed by atoms with van der Waals surface area (Å²) in [5.41, 5.74) is 0.494. The van der Waals surface area contributed by atoms with Crippen molar-refractivity contribution in [2.45, 2.75) is 44.5 Å². The van der Waals surface area contributed by atoms with Gasteiger partial charge in [-0.05, 0) is 37.2 Å². The van der Waals surface area contributed by atoms with E-state index in [2.05, 4.69) is 29.5 Å². The molecule has 1 heterocycles. The molecule has 0 radical (unpaired) electrons. The molecule has 116 valence electrons. The van der Waals surface area contributed by atoms with Crippen molar-refractivity contribution < 1.29 is 13.9 Å². The number of alkyl halides is 1. The highest BCUT2D eigenvalue weighted by Gasteiger charge is 2.52. The average molecular weight is 404 g/mol. The smallest absolute Gasteiger partial charge is 0.128 e. The van der Waals surface area contributed by atoms with E-state index in [0.717, 1.165) is 30.3 Å². The zero-order valence-electron chi connectivity index (χ0n) is 12.4. The predicted octanol–water partition coefficient (Wildman–Crippen LogP) is 4.35. The minimum atomic E-state index is -0.186. The molecule has 4 atom stereocenters. The number of fused-ring (bicyclic) bond motifs is 2. The fraction of sp³-hybridized carbons (Fsp3) is 0.647. The Morgan fingerprint density at radius 1 is 1.43 bits per heavy atom. The normalized spacial score (nSPS) is 35.1. The van der Waals surface area contributed by atoms with E-state index in [4.69, 9.17) is 9.47 Å². The number of ether oxygens (including phenoxy) is 2. The van der Waals surface area contributed by atoms with E-state index < -0.39 is 0 Å². The van der Waals surface area contributed by atoms with Crippen LogP contribution in [-0.2, 0) is 16.1 Å². The number of halogens is 2. The highest BCUT2D eigenvalue weighted by Crippen LogP contribution is 2.48. The molecule has 2 nitrogen and oxygen atoms in total. The molecule has 1 saturated carbocycles. The molecule has 1 aromatic carbocycles. The quantitative estimate of drug-likeness (QED) is 0.537. The summed E-state index contributed by atoms with van der Waals surface area (Å²) in [4.78, 5) is 0. The average Bonchev–Trinajstić information content (AvgIpc) is 2.89. The first-order valence-electron chi connectivity index (χ1n) is 7.73. The lowest BCUT2D eigenvalue weighted by molar-refractivity contribution is -0.135. The van der Waals surface area contributed by atoms with Crippen LogP contribution in [0.2, 0.25) is 0 Å². The second kappa shape index (κ2) is 6.50. The third kappa shape index (κ3) is 2.99. The molecule has 0 amide bonds. The van der Waals surface area contributed by atoms with E-state index >= 15 is 0 Å². The number of rotatable bonds is 5. The van der Waals surface area contributed by atoms with Gasteiger partial charge in [-0.25, -0.2) is 4.39 Å². The van der Waals surface area contributed by atoms with E-state index in [9.17, 15) is 4.39 Å². The molecule has 0 aromatic heterocycles. The van der Waals surface area contributed by atoms with Crippen molar-refractivity contribution in [3.8, 4) is 0 Å². The summed E-state index contributed by atoms with van der Waals surface area (Å²) in [5, 5.41) is 0. The summed E-state index contributed by atoms with van der Waals surface area (Å²) in [6, 6.07) is 6.85. The SMILES string of the molecule is CCC12CC(CO1)C(CI)CC2OCc1ccccc1F. The van der Waals surface area contributed by atoms with Gasteiger partial charge in [0.25, 0.3) is 0 Å². The van der Waals surface area contributed by atoms with Gasteiger partial charge in [0.2, 0.25) is 0 Å². The third-order valence-electron chi connectivity index (χ3n) is 5.16. The zero-order chi connectivity index (χ0) is 14.9. The summed E-state index contributed by atoms with van der Waals surface area (Å²) in [6.45, 7) is 3.37. The topological polar surface area (TPSA) is 18.5 Å². The largest absolute Gasteiger partial charge is 0.372 e. The molecule has 0 N–H and O–H groups in total. The maximum atomic E-state index is 13.7. The molecule has 2 bridgehead atoms. The lowest BCUT2D eigenvalue weighted by atomic mass is 9.72. The van der Waals surface area contributed by atoms with Gasteiger partial charge in [0.1, 0.15) is 5.82 Å². The van der Waals surface area contributed by atoms with E-state index in [1.54, 1.807) is 12.1 Å². The van der Waals surface area contributed by atoms with Crippen LogP contribution < -0.4 is 0 Å². The van der Waals surface area contributed by atoms with Crippen LogP contribution in [0.15, 0.2) is 24.3 Å². The van der Waals surface area contributed by atoms with Crippen LogP contribution in [0, 0.1) is 17.7 Å². The van der Waals surface area contributed by atoms with Crippen molar-refractivity contribution in [1.82, 2.24) is 0 Å². The van der Waals surface area contributed by atoms with Crippen LogP contribution in [0.25, 0.3) is 0 Å². The Kier molecular flexibility index (Phi) is 4.86. The fourth-order valence-electron chi connectivity index (χ4n) is 3.73. The minimum absolute atomic E-state index is 0.0839. The maximum absolute atomic E-state index is 13.7. The Morgan fingerprint density at radius 3 is 2.95 bits per heavy atom. The second-order valence-electron chi connectivity index (χ2n) is 6.23. The molecular weight excluding hydrogens is 382 g/mol. The summed E-state index contributed by atoms with van der Waals surface area (Å²) in [7, 11) is 0. The third-order valence-corrected chi connectivity index (χ3v) is 6.29. The molecule has 21 heavy (non-hydrogen) atoms. The Balaban J connectivity index is 1.72. The molecule has 4 unspecified atom stereocenters. The van der Waals surface area contributed by atoms with E-state index in [0.29, 0.717) is 24.0 Å². The van der Waals surface area contributed by atoms with Gasteiger partial charge in [0, 0.05) is 9.99 Å². The minimum Gasteiger partial charge on any atom is -0.372 e. The molecule has 1 aromatic rings. The molecule has 1 aliphatic heterocycles. The number of hydrogen-bond donors (Lipinski definition) is 0. The van der Waals surface area contributed by atoms with Crippen molar-refractivity contribution in [3.63, 3.8) is 0 Å². The molecule has 3 rings (SSSR count). The van der Waals surface area contributed by atoms with Crippen LogP contribution in [0.3, 0.4) is 0 Å². The van der Waals surface area contributed by atoms with E-state index in [-0.39, 0.29) is 17.5 Å². The lowest BCUT2D eigenvalue weighted by Crippen LogP contribution is -2.47. The van der Waals surface area contributed by atoms with Crippen molar-refractivity contribution >= 4 is 22.6 Å². The van der Waals surface area contributed by atoms with Crippen molar-refractivity contribution in [3.05, 3.63) is 35.6 Å². The molecule has 1 aliphatic carbocycles. The second-order valence-corrected chi connectivity index (χ2v) is 7.12. The van der Waals surface area contributed by atoms with Crippen molar-refractivity contribution in [2.75, 3.05) is 11.0 Å². The highest BCUT2D eigenvalue weighted by molar-refractivity contribution is 14.1. The zero-order valence-corrected chi connectivity index (χ0v) is 14.5. The van der Waals surface area contributed by atoms with Crippen molar-refractivity contribution in [1.29, 1.82) is 0 Å². The first-order valence-corrected chi connectivity index (χ1v) is 9.26. The van der Waals surface area contributed by atoms with Gasteiger partial charge >= 0.3 is 0 Å². The van der Waals surface area contributed by atoms with Crippen LogP contribution in [0.5, 0.6) is 0 Å². The molecule has 4 heteroatoms. The molecule has 2 fully saturated rings. The first-order chi connectivity index (χ1) is 10.2. The van der Waals surface area contributed by atoms with E-state index in [1.165, 1.54) is 6.07 Å². The maximum Gasteiger partial charge on any atom is 0.128 e. The van der Waals surface area contributed by atoms with Crippen molar-refractivity contribution in [2.24, 2.45) is 11.8 Å². The summed E-state index contributed by atoms with van der Waals surface area (Å²) in [5.74, 6) is 1.16. The van der Waals surface area contributed by atoms with Gasteiger partial charge < -0.3 is 9.47 Å². The summed E-state index contributed by atoms with van der Waals surface area (Å²) < 4.78 is 27.2. The molecule has 1 saturated heterocycles. The Hall–Kier alpha value is -0.200. The summed E-state index contributed by atoms with van der Waals surface area (Å²) >= 11 is 2.46. The standard InChI is InChI=1S/C17H22FIO2/c1-2-17-8-14(11-21-17)13(9-19)7-16(17)20-10-12-5-3-4-6-15(12)18/h3-6,13-14,16H,2,7-11H2,1H3. The van der Waals surface area contributed by atoms with Gasteiger partial charge in [0.05, 0.1) is 24.9 Å².